The summed E-state index contributed by atoms with van der Waals surface area (Å²) in [4.78, 5) is 25.5. The Morgan fingerprint density at radius 1 is 0.923 bits per heavy atom. The Kier molecular flexibility index (Phi) is 9.41. The fraction of sp³-hybridized carbons (Fsp3) is 0.900. The summed E-state index contributed by atoms with van der Waals surface area (Å²) in [7, 11) is 1.46. The van der Waals surface area contributed by atoms with Crippen LogP contribution in [0, 0.1) is 5.92 Å². The predicted octanol–water partition coefficient (Wildman–Crippen LogP) is 3.73. The second-order valence-electron chi connectivity index (χ2n) is 7.98. The Balaban J connectivity index is 0.00000163. The Morgan fingerprint density at radius 2 is 1.42 bits per heavy atom. The molecular weight excluding hydrogens is 332 g/mol. The van der Waals surface area contributed by atoms with Crippen molar-refractivity contribution in [3.63, 3.8) is 0 Å². The molecule has 0 unspecified atom stereocenters. The van der Waals surface area contributed by atoms with Crippen molar-refractivity contribution in [1.82, 2.24) is 10.2 Å². The summed E-state index contributed by atoms with van der Waals surface area (Å²) in [6, 6.07) is 0.923. The number of ether oxygens (including phenoxy) is 2. The molecule has 1 amide bonds. The Morgan fingerprint density at radius 3 is 1.88 bits per heavy atom. The van der Waals surface area contributed by atoms with Gasteiger partial charge < -0.3 is 19.7 Å². The van der Waals surface area contributed by atoms with Crippen LogP contribution in [0.2, 0.25) is 0 Å². The molecule has 1 aliphatic heterocycles. The largest absolute Gasteiger partial charge is 0.469 e. The molecule has 0 aromatic heterocycles. The lowest BCUT2D eigenvalue weighted by atomic mass is 9.85. The van der Waals surface area contributed by atoms with E-state index in [1.165, 1.54) is 7.11 Å². The van der Waals surface area contributed by atoms with E-state index in [2.05, 4.69) is 5.32 Å². The number of nitrogens with zero attached hydrogens (tertiary/aromatic N) is 1. The summed E-state index contributed by atoms with van der Waals surface area (Å²) in [6.07, 6.45) is 5.55. The molecule has 6 nitrogen and oxygen atoms in total. The van der Waals surface area contributed by atoms with E-state index in [0.29, 0.717) is 12.1 Å². The Labute approximate surface area is 159 Å². The van der Waals surface area contributed by atoms with Gasteiger partial charge in [-0.05, 0) is 59.3 Å². The highest BCUT2D eigenvalue weighted by Gasteiger charge is 2.30. The summed E-state index contributed by atoms with van der Waals surface area (Å²) < 4.78 is 10.3. The number of hydrogen-bond acceptors (Lipinski definition) is 5. The van der Waals surface area contributed by atoms with Crippen LogP contribution in [0.3, 0.4) is 0 Å². The second kappa shape index (κ2) is 10.8. The van der Waals surface area contributed by atoms with Crippen molar-refractivity contribution in [2.24, 2.45) is 5.92 Å². The van der Waals surface area contributed by atoms with Crippen LogP contribution in [-0.4, -0.2) is 54.8 Å². The van der Waals surface area contributed by atoms with Crippen molar-refractivity contribution in [2.45, 2.75) is 90.8 Å². The lowest BCUT2D eigenvalue weighted by Crippen LogP contribution is -2.49. The number of amides is 1. The quantitative estimate of drug-likeness (QED) is 0.767. The van der Waals surface area contributed by atoms with Gasteiger partial charge in [-0.15, -0.1) is 0 Å². The van der Waals surface area contributed by atoms with E-state index in [9.17, 15) is 9.59 Å². The average Bonchev–Trinajstić information content (AvgIpc) is 2.62. The van der Waals surface area contributed by atoms with Gasteiger partial charge in [-0.3, -0.25) is 4.79 Å². The number of carbonyl (C=O) groups is 2. The third kappa shape index (κ3) is 7.52. The van der Waals surface area contributed by atoms with Crippen LogP contribution in [-0.2, 0) is 14.3 Å². The highest BCUT2D eigenvalue weighted by atomic mass is 16.6. The SMILES string of the molecule is CC.COC(=O)C1CCC(NC2CCN(C(=O)OC(C)(C)C)CC2)CC1. The molecule has 152 valence electrons. The molecule has 2 aliphatic rings. The number of carbonyl (C=O) groups excluding carboxylic acids is 2. The summed E-state index contributed by atoms with van der Waals surface area (Å²) in [5.74, 6) is 0.00110. The first-order chi connectivity index (χ1) is 12.3. The van der Waals surface area contributed by atoms with E-state index < -0.39 is 5.60 Å². The topological polar surface area (TPSA) is 67.9 Å². The molecule has 1 heterocycles. The van der Waals surface area contributed by atoms with Crippen molar-refractivity contribution in [3.8, 4) is 0 Å². The third-order valence-corrected chi connectivity index (χ3v) is 4.88. The highest BCUT2D eigenvalue weighted by Crippen LogP contribution is 2.26. The van der Waals surface area contributed by atoms with Gasteiger partial charge >= 0.3 is 12.1 Å². The van der Waals surface area contributed by atoms with Crippen LogP contribution in [0.15, 0.2) is 0 Å². The zero-order chi connectivity index (χ0) is 19.7. The van der Waals surface area contributed by atoms with Crippen molar-refractivity contribution >= 4 is 12.1 Å². The molecule has 0 atom stereocenters. The summed E-state index contributed by atoms with van der Waals surface area (Å²) >= 11 is 0. The number of rotatable bonds is 3. The van der Waals surface area contributed by atoms with Gasteiger partial charge in [0.15, 0.2) is 0 Å². The standard InChI is InChI=1S/C18H32N2O4.C2H6/c1-18(2,3)24-17(22)20-11-9-15(10-12-20)19-14-7-5-13(6-8-14)16(21)23-4;1-2/h13-15,19H,5-12H2,1-4H3;1-2H3. The van der Waals surface area contributed by atoms with Crippen molar-refractivity contribution in [2.75, 3.05) is 20.2 Å². The summed E-state index contributed by atoms with van der Waals surface area (Å²) in [5.41, 5.74) is -0.440. The molecule has 0 bridgehead atoms. The molecule has 6 heteroatoms. The van der Waals surface area contributed by atoms with Gasteiger partial charge in [0.25, 0.3) is 0 Å². The minimum atomic E-state index is -0.440. The number of piperidine rings is 1. The average molecular weight is 371 g/mol. The first kappa shape index (κ1) is 22.7. The molecule has 0 aromatic carbocycles. The molecule has 0 radical (unpaired) electrons. The third-order valence-electron chi connectivity index (χ3n) is 4.88. The maximum Gasteiger partial charge on any atom is 0.410 e. The van der Waals surface area contributed by atoms with E-state index in [-0.39, 0.29) is 18.0 Å². The van der Waals surface area contributed by atoms with Crippen LogP contribution < -0.4 is 5.32 Å². The summed E-state index contributed by atoms with van der Waals surface area (Å²) in [6.45, 7) is 11.2. The molecule has 1 N–H and O–H groups in total. The Hall–Kier alpha value is -1.30. The number of esters is 1. The van der Waals surface area contributed by atoms with E-state index in [1.807, 2.05) is 34.6 Å². The number of likely N-dealkylation sites (tertiary alicyclic amines) is 1. The fourth-order valence-electron chi connectivity index (χ4n) is 3.55. The van der Waals surface area contributed by atoms with Crippen molar-refractivity contribution in [3.05, 3.63) is 0 Å². The van der Waals surface area contributed by atoms with Gasteiger partial charge in [-0.25, -0.2) is 4.79 Å². The van der Waals surface area contributed by atoms with E-state index >= 15 is 0 Å². The van der Waals surface area contributed by atoms with Crippen LogP contribution in [0.5, 0.6) is 0 Å². The molecule has 2 rings (SSSR count). The van der Waals surface area contributed by atoms with Crippen LogP contribution in [0.25, 0.3) is 0 Å². The minimum absolute atomic E-state index is 0.0703. The number of methoxy groups -OCH3 is 1. The predicted molar refractivity (Wildman–Crippen MR) is 103 cm³/mol. The molecule has 2 fully saturated rings. The number of nitrogens with one attached hydrogen (secondary N) is 1. The normalized spacial score (nSPS) is 24.3. The van der Waals surface area contributed by atoms with Gasteiger partial charge in [-0.2, -0.15) is 0 Å². The highest BCUT2D eigenvalue weighted by molar-refractivity contribution is 5.72. The maximum absolute atomic E-state index is 12.1. The first-order valence-electron chi connectivity index (χ1n) is 10.1. The summed E-state index contributed by atoms with van der Waals surface area (Å²) in [5, 5.41) is 3.71. The molecular formula is C20H38N2O4. The first-order valence-corrected chi connectivity index (χ1v) is 10.1. The number of hydrogen-bond donors (Lipinski definition) is 1. The van der Waals surface area contributed by atoms with Crippen molar-refractivity contribution in [1.29, 1.82) is 0 Å². The van der Waals surface area contributed by atoms with Crippen LogP contribution in [0.1, 0.15) is 73.1 Å². The monoisotopic (exact) mass is 370 g/mol. The second-order valence-corrected chi connectivity index (χ2v) is 7.98. The molecule has 0 spiro atoms. The molecule has 26 heavy (non-hydrogen) atoms. The van der Waals surface area contributed by atoms with E-state index in [4.69, 9.17) is 9.47 Å². The van der Waals surface area contributed by atoms with Gasteiger partial charge in [0, 0.05) is 25.2 Å². The molecule has 1 saturated carbocycles. The van der Waals surface area contributed by atoms with Gasteiger partial charge in [0.05, 0.1) is 13.0 Å². The minimum Gasteiger partial charge on any atom is -0.469 e. The van der Waals surface area contributed by atoms with Gasteiger partial charge in [-0.1, -0.05) is 13.8 Å². The van der Waals surface area contributed by atoms with E-state index in [0.717, 1.165) is 51.6 Å². The zero-order valence-electron chi connectivity index (χ0n) is 17.5. The molecule has 1 saturated heterocycles. The fourth-order valence-corrected chi connectivity index (χ4v) is 3.55. The maximum atomic E-state index is 12.1. The van der Waals surface area contributed by atoms with Gasteiger partial charge in [0.2, 0.25) is 0 Å². The zero-order valence-corrected chi connectivity index (χ0v) is 17.5. The lowest BCUT2D eigenvalue weighted by Gasteiger charge is -2.36. The van der Waals surface area contributed by atoms with Crippen LogP contribution >= 0.6 is 0 Å². The molecule has 0 aromatic rings. The smallest absolute Gasteiger partial charge is 0.410 e. The lowest BCUT2D eigenvalue weighted by molar-refractivity contribution is -0.146. The van der Waals surface area contributed by atoms with Gasteiger partial charge in [0.1, 0.15) is 5.60 Å². The Bertz CT molecular complexity index is 432. The molecule has 1 aliphatic carbocycles. The van der Waals surface area contributed by atoms with Crippen LogP contribution in [0.4, 0.5) is 4.79 Å². The van der Waals surface area contributed by atoms with E-state index in [1.54, 1.807) is 4.90 Å². The van der Waals surface area contributed by atoms with Crippen molar-refractivity contribution < 1.29 is 19.1 Å².